The number of fused-ring (bicyclic) bond motifs is 17. The third kappa shape index (κ3) is 8.39. The van der Waals surface area contributed by atoms with Gasteiger partial charge in [-0.3, -0.25) is 0 Å². The van der Waals surface area contributed by atoms with E-state index in [1.165, 1.54) is 99.6 Å². The summed E-state index contributed by atoms with van der Waals surface area (Å²) in [5.41, 5.74) is 36.6. The van der Waals surface area contributed by atoms with Crippen molar-refractivity contribution in [2.45, 2.75) is 31.6 Å². The van der Waals surface area contributed by atoms with E-state index in [1.54, 1.807) is 0 Å². The topological polar surface area (TPSA) is 11.4 Å². The summed E-state index contributed by atoms with van der Waals surface area (Å²) in [5, 5.41) is 2.46. The smallest absolute Gasteiger partial charge is 0.252 e. The highest BCUT2D eigenvalue weighted by molar-refractivity contribution is 7.00. The Morgan fingerprint density at radius 3 is 1.21 bits per heavy atom. The van der Waals surface area contributed by atoms with E-state index in [0.717, 1.165) is 84.1 Å². The number of rotatable bonds is 8. The molecule has 464 valence electrons. The molecule has 99 heavy (non-hydrogen) atoms. The van der Waals surface area contributed by atoms with Crippen LogP contribution in [0.2, 0.25) is 0 Å². The molecule has 0 atom stereocenters. The molecule has 0 radical (unpaired) electrons. The SMILES string of the molecule is CC(C)(C)c1cc2c3c(c1)N(c1c(-c4ccccc4)cccc1-c1ccccc1)c1cc(-n4c5ccccc5c5cc6c(cc54)C4(c5ccccc5-c5ccccc54)c4ccccc4-6)ccc1B3c1cc(-c3ccccc3)ccc1N2c1c(-c2ccccc2)cccc1-c1ccccc1. The first-order valence-corrected chi connectivity index (χ1v) is 34.8. The van der Waals surface area contributed by atoms with Crippen molar-refractivity contribution in [3.8, 4) is 83.6 Å². The van der Waals surface area contributed by atoms with Gasteiger partial charge in [0.25, 0.3) is 6.71 Å². The predicted molar refractivity (Wildman–Crippen MR) is 417 cm³/mol. The lowest BCUT2D eigenvalue weighted by Crippen LogP contribution is -2.61. The summed E-state index contributed by atoms with van der Waals surface area (Å²) in [6, 6.07) is 131. The van der Waals surface area contributed by atoms with Gasteiger partial charge in [0.2, 0.25) is 0 Å². The fraction of sp³-hybridized carbons (Fsp3) is 0.0526. The molecule has 2 aliphatic heterocycles. The maximum Gasteiger partial charge on any atom is 0.252 e. The Kier molecular flexibility index (Phi) is 12.6. The largest absolute Gasteiger partial charge is 0.310 e. The van der Waals surface area contributed by atoms with Crippen molar-refractivity contribution < 1.29 is 0 Å². The minimum absolute atomic E-state index is 0.213. The molecule has 0 unspecified atom stereocenters. The molecule has 0 fully saturated rings. The fourth-order valence-corrected chi connectivity index (χ4v) is 17.7. The van der Waals surface area contributed by atoms with Crippen LogP contribution in [-0.2, 0) is 10.8 Å². The van der Waals surface area contributed by atoms with Crippen LogP contribution in [0.15, 0.2) is 346 Å². The Hall–Kier alpha value is -12.2. The molecular formula is C95H66BN3. The van der Waals surface area contributed by atoms with Gasteiger partial charge in [-0.15, -0.1) is 0 Å². The summed E-state index contributed by atoms with van der Waals surface area (Å²) in [6.07, 6.45) is 0. The highest BCUT2D eigenvalue weighted by Crippen LogP contribution is 2.64. The summed E-state index contributed by atoms with van der Waals surface area (Å²) in [7, 11) is 0. The van der Waals surface area contributed by atoms with Gasteiger partial charge in [0.1, 0.15) is 0 Å². The first-order chi connectivity index (χ1) is 48.8. The molecule has 0 amide bonds. The van der Waals surface area contributed by atoms with E-state index in [4.69, 9.17) is 0 Å². The fourth-order valence-electron chi connectivity index (χ4n) is 17.7. The molecule has 3 heterocycles. The van der Waals surface area contributed by atoms with Crippen LogP contribution in [0.3, 0.4) is 0 Å². The molecule has 4 aliphatic rings. The van der Waals surface area contributed by atoms with Gasteiger partial charge in [-0.1, -0.05) is 318 Å². The zero-order valence-corrected chi connectivity index (χ0v) is 55.3. The van der Waals surface area contributed by atoms with Crippen LogP contribution in [0, 0.1) is 0 Å². The van der Waals surface area contributed by atoms with Gasteiger partial charge in [0.05, 0.1) is 27.8 Å². The van der Waals surface area contributed by atoms with Gasteiger partial charge >= 0.3 is 0 Å². The average Bonchev–Trinajstić information content (AvgIpc) is 1.62. The van der Waals surface area contributed by atoms with Crippen LogP contribution < -0.4 is 26.2 Å². The Balaban J connectivity index is 0.927. The van der Waals surface area contributed by atoms with Crippen molar-refractivity contribution >= 4 is 79.0 Å². The van der Waals surface area contributed by atoms with Gasteiger partial charge in [0.15, 0.2) is 0 Å². The summed E-state index contributed by atoms with van der Waals surface area (Å²) in [6.45, 7) is 6.94. The Labute approximate surface area is 578 Å². The second kappa shape index (κ2) is 21.9. The number of hydrogen-bond acceptors (Lipinski definition) is 2. The van der Waals surface area contributed by atoms with E-state index in [0.29, 0.717) is 0 Å². The van der Waals surface area contributed by atoms with E-state index in [2.05, 4.69) is 381 Å². The van der Waals surface area contributed by atoms with Crippen LogP contribution in [0.4, 0.5) is 34.1 Å². The summed E-state index contributed by atoms with van der Waals surface area (Å²) >= 11 is 0. The lowest BCUT2D eigenvalue weighted by molar-refractivity contribution is 0.590. The molecule has 0 saturated heterocycles. The first kappa shape index (κ1) is 57.1. The van der Waals surface area contributed by atoms with E-state index in [9.17, 15) is 0 Å². The minimum atomic E-state index is -0.521. The Morgan fingerprint density at radius 2 is 0.707 bits per heavy atom. The van der Waals surface area contributed by atoms with Crippen molar-refractivity contribution in [1.82, 2.24) is 4.57 Å². The van der Waals surface area contributed by atoms with Gasteiger partial charge in [0, 0.05) is 61.5 Å². The van der Waals surface area contributed by atoms with Gasteiger partial charge in [-0.05, 0) is 154 Å². The van der Waals surface area contributed by atoms with E-state index in [1.807, 2.05) is 0 Å². The van der Waals surface area contributed by atoms with Crippen molar-refractivity contribution in [1.29, 1.82) is 0 Å². The Bertz CT molecular complexity index is 5810. The molecule has 3 nitrogen and oxygen atoms in total. The van der Waals surface area contributed by atoms with E-state index < -0.39 is 5.41 Å². The number of nitrogens with zero attached hydrogens (tertiary/aromatic N) is 3. The molecule has 0 N–H and O–H groups in total. The van der Waals surface area contributed by atoms with Gasteiger partial charge in [-0.25, -0.2) is 0 Å². The second-order valence-corrected chi connectivity index (χ2v) is 28.2. The van der Waals surface area contributed by atoms with Crippen LogP contribution in [0.1, 0.15) is 48.6 Å². The van der Waals surface area contributed by atoms with Gasteiger partial charge in [-0.2, -0.15) is 0 Å². The third-order valence-electron chi connectivity index (χ3n) is 21.9. The predicted octanol–water partition coefficient (Wildman–Crippen LogP) is 22.8. The summed E-state index contributed by atoms with van der Waals surface area (Å²) < 4.78 is 2.59. The Morgan fingerprint density at radius 1 is 0.273 bits per heavy atom. The average molecular weight is 1260 g/mol. The van der Waals surface area contributed by atoms with Crippen LogP contribution >= 0.6 is 0 Å². The highest BCUT2D eigenvalue weighted by Gasteiger charge is 2.52. The van der Waals surface area contributed by atoms with Crippen LogP contribution in [-0.4, -0.2) is 11.3 Å². The third-order valence-corrected chi connectivity index (χ3v) is 21.9. The van der Waals surface area contributed by atoms with Gasteiger partial charge < -0.3 is 14.4 Å². The second-order valence-electron chi connectivity index (χ2n) is 28.2. The standard InChI is InChI=1S/C95H66BN3/c1-94(2,3)67-56-89-91-90(57-67)99(93-71(64-35-15-7-16-36-64)45-28-46-72(93)65-37-17-8-18-38-65)88-58-68(97-85-50-26-22-42-76(85)78-59-77-75-41-21-25-49-81(75)95(82(77)60-87(78)97)79-47-23-19-39-73(79)74-40-20-24-48-80(74)95)52-53-83(88)96(91)84-55-66(61-29-9-4-10-30-61)51-54-86(84)98(89)92-69(62-31-11-5-12-32-62)43-27-44-70(92)63-33-13-6-14-34-63/h4-60H,1-3H3. The maximum atomic E-state index is 2.71. The normalized spacial score (nSPS) is 13.4. The highest BCUT2D eigenvalue weighted by atomic mass is 15.2. The molecule has 20 rings (SSSR count). The zero-order chi connectivity index (χ0) is 65.7. The van der Waals surface area contributed by atoms with Crippen LogP contribution in [0.5, 0.6) is 0 Å². The monoisotopic (exact) mass is 1260 g/mol. The number of para-hydroxylation sites is 3. The number of hydrogen-bond donors (Lipinski definition) is 0. The zero-order valence-electron chi connectivity index (χ0n) is 55.3. The number of anilines is 6. The lowest BCUT2D eigenvalue weighted by atomic mass is 9.33. The number of benzene rings is 15. The summed E-state index contributed by atoms with van der Waals surface area (Å²) in [4.78, 5) is 5.38. The number of aromatic nitrogens is 1. The quantitative estimate of drug-likeness (QED) is 0.141. The van der Waals surface area contributed by atoms with E-state index in [-0.39, 0.29) is 12.1 Å². The first-order valence-electron chi connectivity index (χ1n) is 34.8. The molecule has 2 aliphatic carbocycles. The van der Waals surface area contributed by atoms with Crippen molar-refractivity contribution in [3.63, 3.8) is 0 Å². The maximum absolute atomic E-state index is 2.71. The molecule has 15 aromatic carbocycles. The summed E-state index contributed by atoms with van der Waals surface area (Å²) in [5.74, 6) is 0. The minimum Gasteiger partial charge on any atom is -0.310 e. The molecule has 16 aromatic rings. The molecule has 1 spiro atoms. The molecule has 0 saturated carbocycles. The molecule has 0 bridgehead atoms. The van der Waals surface area contributed by atoms with Crippen molar-refractivity contribution in [3.05, 3.63) is 374 Å². The molecule has 1 aromatic heterocycles. The van der Waals surface area contributed by atoms with Crippen LogP contribution in [0.25, 0.3) is 105 Å². The van der Waals surface area contributed by atoms with E-state index >= 15 is 0 Å². The molecular weight excluding hydrogens is 1190 g/mol. The lowest BCUT2D eigenvalue weighted by Gasteiger charge is -2.46. The van der Waals surface area contributed by atoms with Crippen molar-refractivity contribution in [2.75, 3.05) is 9.80 Å². The molecule has 4 heteroatoms. The van der Waals surface area contributed by atoms with Crippen molar-refractivity contribution in [2.24, 2.45) is 0 Å².